The van der Waals surface area contributed by atoms with Crippen LogP contribution < -0.4 is 5.32 Å². The Kier molecular flexibility index (Phi) is 4.50. The first-order valence-electron chi connectivity index (χ1n) is 9.23. The summed E-state index contributed by atoms with van der Waals surface area (Å²) in [7, 11) is 0. The lowest BCUT2D eigenvalue weighted by atomic mass is 9.89. The van der Waals surface area contributed by atoms with Crippen molar-refractivity contribution >= 4 is 21.5 Å². The van der Waals surface area contributed by atoms with Crippen molar-refractivity contribution in [2.24, 2.45) is 0 Å². The van der Waals surface area contributed by atoms with Gasteiger partial charge in [-0.25, -0.2) is 0 Å². The average Bonchev–Trinajstić information content (AvgIpc) is 2.65. The maximum absolute atomic E-state index is 3.50. The summed E-state index contributed by atoms with van der Waals surface area (Å²) in [6, 6.07) is 20.6. The molecule has 1 aliphatic heterocycles. The van der Waals surface area contributed by atoms with Gasteiger partial charge in [0.15, 0.2) is 0 Å². The normalized spacial score (nSPS) is 17.4. The molecule has 2 heteroatoms. The molecule has 3 aromatic carbocycles. The van der Waals surface area contributed by atoms with Crippen molar-refractivity contribution in [2.45, 2.75) is 25.8 Å². The smallest absolute Gasteiger partial charge is 0.0361 e. The molecule has 0 aromatic heterocycles. The number of rotatable bonds is 4. The third-order valence-corrected chi connectivity index (χ3v) is 5.30. The molecule has 0 spiro atoms. The zero-order valence-electron chi connectivity index (χ0n) is 14.5. The fourth-order valence-electron chi connectivity index (χ4n) is 4.18. The molecule has 0 bridgehead atoms. The van der Waals surface area contributed by atoms with Crippen molar-refractivity contribution in [1.29, 1.82) is 0 Å². The quantitative estimate of drug-likeness (QED) is 0.699. The third-order valence-electron chi connectivity index (χ3n) is 5.30. The second kappa shape index (κ2) is 6.92. The molecule has 0 aliphatic carbocycles. The van der Waals surface area contributed by atoms with Crippen LogP contribution in [-0.2, 0) is 0 Å². The highest BCUT2D eigenvalue weighted by Crippen LogP contribution is 2.37. The number of nitrogens with one attached hydrogen (secondary N) is 1. The molecule has 0 amide bonds. The van der Waals surface area contributed by atoms with Gasteiger partial charge in [-0.3, -0.25) is 4.90 Å². The van der Waals surface area contributed by atoms with Gasteiger partial charge in [-0.15, -0.1) is 0 Å². The molecule has 1 atom stereocenters. The van der Waals surface area contributed by atoms with Crippen molar-refractivity contribution in [1.82, 2.24) is 10.2 Å². The molecule has 0 saturated carbocycles. The first-order chi connectivity index (χ1) is 11.9. The minimum Gasteiger partial charge on any atom is -0.314 e. The highest BCUT2D eigenvalue weighted by Gasteiger charge is 2.24. The maximum atomic E-state index is 3.50. The Bertz CT molecular complexity index is 780. The number of nitrogens with zero attached hydrogens (tertiary/aromatic N) is 1. The van der Waals surface area contributed by atoms with Gasteiger partial charge in [0.1, 0.15) is 0 Å². The van der Waals surface area contributed by atoms with Gasteiger partial charge >= 0.3 is 0 Å². The van der Waals surface area contributed by atoms with E-state index >= 15 is 0 Å². The van der Waals surface area contributed by atoms with E-state index < -0.39 is 0 Å². The van der Waals surface area contributed by atoms with Crippen LogP contribution in [0.2, 0.25) is 0 Å². The lowest BCUT2D eigenvalue weighted by molar-refractivity contribution is 0.166. The van der Waals surface area contributed by atoms with Crippen molar-refractivity contribution in [3.05, 3.63) is 60.2 Å². The maximum Gasteiger partial charge on any atom is 0.0361 e. The molecule has 0 radical (unpaired) electrons. The number of benzene rings is 3. The fraction of sp³-hybridized carbons (Fsp3) is 0.364. The number of hydrogen-bond acceptors (Lipinski definition) is 2. The SMILES string of the molecule is CCC[C@H](c1c2ccccc2cc2ccccc12)N1CCNCC1. The van der Waals surface area contributed by atoms with Crippen LogP contribution >= 0.6 is 0 Å². The van der Waals surface area contributed by atoms with Crippen LogP contribution in [0.15, 0.2) is 54.6 Å². The summed E-state index contributed by atoms with van der Waals surface area (Å²) in [4.78, 5) is 2.69. The van der Waals surface area contributed by atoms with Crippen LogP contribution in [0.4, 0.5) is 0 Å². The van der Waals surface area contributed by atoms with Crippen molar-refractivity contribution in [2.75, 3.05) is 26.2 Å². The third kappa shape index (κ3) is 2.81. The van der Waals surface area contributed by atoms with Crippen LogP contribution in [0.5, 0.6) is 0 Å². The van der Waals surface area contributed by atoms with E-state index in [2.05, 4.69) is 71.7 Å². The molecule has 4 rings (SSSR count). The Hall–Kier alpha value is -1.90. The second-order valence-electron chi connectivity index (χ2n) is 6.82. The van der Waals surface area contributed by atoms with E-state index in [9.17, 15) is 0 Å². The summed E-state index contributed by atoms with van der Waals surface area (Å²) >= 11 is 0. The standard InChI is InChI=1S/C22H26N2/c1-2-7-21(24-14-12-23-13-15-24)22-19-10-5-3-8-17(19)16-18-9-4-6-11-20(18)22/h3-6,8-11,16,21,23H,2,7,12-15H2,1H3/t21-/m1/s1. The second-order valence-corrected chi connectivity index (χ2v) is 6.82. The largest absolute Gasteiger partial charge is 0.314 e. The number of piperazine rings is 1. The molecule has 1 saturated heterocycles. The van der Waals surface area contributed by atoms with Crippen LogP contribution in [-0.4, -0.2) is 31.1 Å². The molecule has 1 fully saturated rings. The predicted octanol–water partition coefficient (Wildman–Crippen LogP) is 4.74. The van der Waals surface area contributed by atoms with E-state index in [1.165, 1.54) is 39.9 Å². The summed E-state index contributed by atoms with van der Waals surface area (Å²) in [6.45, 7) is 6.79. The number of hydrogen-bond donors (Lipinski definition) is 1. The Balaban J connectivity index is 1.96. The first-order valence-corrected chi connectivity index (χ1v) is 9.23. The molecule has 24 heavy (non-hydrogen) atoms. The van der Waals surface area contributed by atoms with E-state index in [-0.39, 0.29) is 0 Å². The van der Waals surface area contributed by atoms with Crippen molar-refractivity contribution in [3.63, 3.8) is 0 Å². The fourth-order valence-corrected chi connectivity index (χ4v) is 4.18. The summed E-state index contributed by atoms with van der Waals surface area (Å²) in [5.41, 5.74) is 1.53. The minimum absolute atomic E-state index is 0.507. The highest BCUT2D eigenvalue weighted by molar-refractivity contribution is 6.02. The van der Waals surface area contributed by atoms with E-state index in [4.69, 9.17) is 0 Å². The summed E-state index contributed by atoms with van der Waals surface area (Å²) < 4.78 is 0. The summed E-state index contributed by atoms with van der Waals surface area (Å²) in [5, 5.41) is 9.07. The van der Waals surface area contributed by atoms with E-state index in [0.717, 1.165) is 26.2 Å². The van der Waals surface area contributed by atoms with Crippen molar-refractivity contribution < 1.29 is 0 Å². The first kappa shape index (κ1) is 15.6. The van der Waals surface area contributed by atoms with E-state index in [1.54, 1.807) is 0 Å². The molecule has 1 aliphatic rings. The lowest BCUT2D eigenvalue weighted by Gasteiger charge is -2.36. The monoisotopic (exact) mass is 318 g/mol. The van der Waals surface area contributed by atoms with Gasteiger partial charge in [-0.2, -0.15) is 0 Å². The summed E-state index contributed by atoms with van der Waals surface area (Å²) in [6.07, 6.45) is 2.43. The van der Waals surface area contributed by atoms with Crippen LogP contribution in [0.3, 0.4) is 0 Å². The van der Waals surface area contributed by atoms with Gasteiger partial charge in [-0.05, 0) is 39.6 Å². The molecule has 1 heterocycles. The van der Waals surface area contributed by atoms with Crippen LogP contribution in [0.25, 0.3) is 21.5 Å². The Morgan fingerprint density at radius 1 is 0.917 bits per heavy atom. The van der Waals surface area contributed by atoms with Crippen LogP contribution in [0.1, 0.15) is 31.4 Å². The van der Waals surface area contributed by atoms with Gasteiger partial charge in [0.2, 0.25) is 0 Å². The Morgan fingerprint density at radius 3 is 2.08 bits per heavy atom. The van der Waals surface area contributed by atoms with Crippen molar-refractivity contribution in [3.8, 4) is 0 Å². The Morgan fingerprint density at radius 2 is 1.50 bits per heavy atom. The van der Waals surface area contributed by atoms with E-state index in [1.807, 2.05) is 0 Å². The number of fused-ring (bicyclic) bond motifs is 2. The predicted molar refractivity (Wildman–Crippen MR) is 104 cm³/mol. The van der Waals surface area contributed by atoms with Gasteiger partial charge in [-0.1, -0.05) is 61.9 Å². The molecule has 124 valence electrons. The lowest BCUT2D eigenvalue weighted by Crippen LogP contribution is -2.45. The zero-order valence-corrected chi connectivity index (χ0v) is 14.5. The minimum atomic E-state index is 0.507. The summed E-state index contributed by atoms with van der Waals surface area (Å²) in [5.74, 6) is 0. The molecular formula is C22H26N2. The van der Waals surface area contributed by atoms with Gasteiger partial charge in [0.05, 0.1) is 0 Å². The van der Waals surface area contributed by atoms with Gasteiger partial charge in [0, 0.05) is 32.2 Å². The molecule has 2 nitrogen and oxygen atoms in total. The molecular weight excluding hydrogens is 292 g/mol. The Labute approximate surface area is 144 Å². The van der Waals surface area contributed by atoms with Crippen LogP contribution in [0, 0.1) is 0 Å². The van der Waals surface area contributed by atoms with E-state index in [0.29, 0.717) is 6.04 Å². The molecule has 3 aromatic rings. The zero-order chi connectivity index (χ0) is 16.4. The average molecular weight is 318 g/mol. The molecule has 1 N–H and O–H groups in total. The molecule has 0 unspecified atom stereocenters. The topological polar surface area (TPSA) is 15.3 Å². The highest BCUT2D eigenvalue weighted by atomic mass is 15.2. The van der Waals surface area contributed by atoms with Gasteiger partial charge in [0.25, 0.3) is 0 Å². The van der Waals surface area contributed by atoms with Gasteiger partial charge < -0.3 is 5.32 Å².